The molecule has 3 rings (SSSR count). The number of amides is 3. The summed E-state index contributed by atoms with van der Waals surface area (Å²) in [7, 11) is 0. The molecule has 0 aromatic heterocycles. The summed E-state index contributed by atoms with van der Waals surface area (Å²) in [4.78, 5) is 43.3. The maximum absolute atomic E-state index is 14.5. The molecule has 3 aromatic rings. The van der Waals surface area contributed by atoms with Gasteiger partial charge in [-0.1, -0.05) is 66.7 Å². The van der Waals surface area contributed by atoms with Gasteiger partial charge < -0.3 is 20.3 Å². The summed E-state index contributed by atoms with van der Waals surface area (Å²) < 4.78 is 5.52. The van der Waals surface area contributed by atoms with Gasteiger partial charge in [-0.2, -0.15) is 0 Å². The number of rotatable bonds is 9. The highest BCUT2D eigenvalue weighted by molar-refractivity contribution is 6.00. The zero-order valence-electron chi connectivity index (χ0n) is 26.4. The molecule has 0 bridgehead atoms. The number of aryl methyl sites for hydroxylation is 4. The quantitative estimate of drug-likeness (QED) is 0.290. The molecule has 0 spiro atoms. The minimum absolute atomic E-state index is 0.236. The molecular formula is C35H45N3O4. The maximum atomic E-state index is 14.5. The first-order valence-electron chi connectivity index (χ1n) is 14.5. The van der Waals surface area contributed by atoms with E-state index in [-0.39, 0.29) is 24.3 Å². The van der Waals surface area contributed by atoms with Crippen molar-refractivity contribution in [1.29, 1.82) is 0 Å². The molecule has 0 saturated carbocycles. The third kappa shape index (κ3) is 8.44. The number of hydrogen-bond acceptors (Lipinski definition) is 4. The Morgan fingerprint density at radius 3 is 1.98 bits per heavy atom. The van der Waals surface area contributed by atoms with Crippen LogP contribution in [0.5, 0.6) is 0 Å². The highest BCUT2D eigenvalue weighted by Crippen LogP contribution is 2.30. The second kappa shape index (κ2) is 13.7. The third-order valence-corrected chi connectivity index (χ3v) is 7.19. The molecule has 2 unspecified atom stereocenters. The first-order chi connectivity index (χ1) is 19.7. The van der Waals surface area contributed by atoms with Crippen molar-refractivity contribution in [3.63, 3.8) is 0 Å². The van der Waals surface area contributed by atoms with Crippen molar-refractivity contribution in [1.82, 2.24) is 10.2 Å². The van der Waals surface area contributed by atoms with Crippen LogP contribution < -0.4 is 10.6 Å². The molecule has 7 nitrogen and oxygen atoms in total. The molecule has 0 aliphatic carbocycles. The van der Waals surface area contributed by atoms with Gasteiger partial charge in [-0.05, 0) is 95.7 Å². The Kier molecular flexibility index (Phi) is 10.6. The fourth-order valence-electron chi connectivity index (χ4n) is 4.94. The second-order valence-corrected chi connectivity index (χ2v) is 12.2. The Balaban J connectivity index is 2.10. The van der Waals surface area contributed by atoms with E-state index in [0.29, 0.717) is 5.56 Å². The van der Waals surface area contributed by atoms with Gasteiger partial charge in [0.1, 0.15) is 17.7 Å². The number of para-hydroxylation sites is 1. The van der Waals surface area contributed by atoms with Crippen molar-refractivity contribution >= 4 is 23.6 Å². The number of benzene rings is 3. The molecular weight excluding hydrogens is 526 g/mol. The minimum atomic E-state index is -0.966. The number of nitrogens with one attached hydrogen (secondary N) is 2. The van der Waals surface area contributed by atoms with Gasteiger partial charge in [0.15, 0.2) is 0 Å². The van der Waals surface area contributed by atoms with Gasteiger partial charge in [0.2, 0.25) is 5.91 Å². The smallest absolute Gasteiger partial charge is 0.408 e. The Morgan fingerprint density at radius 2 is 1.43 bits per heavy atom. The van der Waals surface area contributed by atoms with Crippen LogP contribution >= 0.6 is 0 Å². The van der Waals surface area contributed by atoms with Crippen molar-refractivity contribution in [2.24, 2.45) is 0 Å². The van der Waals surface area contributed by atoms with Crippen LogP contribution in [0.4, 0.5) is 10.5 Å². The summed E-state index contributed by atoms with van der Waals surface area (Å²) in [5, 5.41) is 5.92. The fraction of sp³-hybridized carbons (Fsp3) is 0.400. The van der Waals surface area contributed by atoms with E-state index in [0.717, 1.165) is 33.5 Å². The Labute approximate surface area is 250 Å². The number of nitrogens with zero attached hydrogens (tertiary/aromatic N) is 1. The van der Waals surface area contributed by atoms with Crippen LogP contribution in [0, 0.1) is 27.7 Å². The normalized spacial score (nSPS) is 12.8. The first-order valence-corrected chi connectivity index (χ1v) is 14.5. The topological polar surface area (TPSA) is 87.7 Å². The molecule has 7 heteroatoms. The SMILES string of the molecule is Cc1ccc(C(C(=O)Nc2c(C)cccc2C)N(C(=O)C(Cc2ccccc2)NC(=O)OC(C)(C)C)C(C)C)cc1C. The molecule has 0 aliphatic heterocycles. The molecule has 2 atom stereocenters. The zero-order valence-corrected chi connectivity index (χ0v) is 26.4. The van der Waals surface area contributed by atoms with E-state index >= 15 is 0 Å². The van der Waals surface area contributed by atoms with Crippen molar-refractivity contribution in [2.45, 2.75) is 92.5 Å². The number of ether oxygens (including phenoxy) is 1. The van der Waals surface area contributed by atoms with Crippen LogP contribution in [0.15, 0.2) is 66.7 Å². The van der Waals surface area contributed by atoms with E-state index in [1.165, 1.54) is 0 Å². The molecule has 3 aromatic carbocycles. The first kappa shape index (κ1) is 32.4. The van der Waals surface area contributed by atoms with E-state index in [1.807, 2.05) is 108 Å². The number of carbonyl (C=O) groups excluding carboxylic acids is 3. The van der Waals surface area contributed by atoms with Crippen LogP contribution in [0.1, 0.15) is 74.0 Å². The molecule has 224 valence electrons. The fourth-order valence-corrected chi connectivity index (χ4v) is 4.94. The summed E-state index contributed by atoms with van der Waals surface area (Å²) in [5.41, 5.74) is 5.51. The molecule has 3 amide bonds. The molecule has 2 N–H and O–H groups in total. The van der Waals surface area contributed by atoms with Crippen LogP contribution in [-0.2, 0) is 20.7 Å². The van der Waals surface area contributed by atoms with Crippen molar-refractivity contribution in [2.75, 3.05) is 5.32 Å². The lowest BCUT2D eigenvalue weighted by atomic mass is 9.96. The minimum Gasteiger partial charge on any atom is -0.444 e. The summed E-state index contributed by atoms with van der Waals surface area (Å²) in [6.07, 6.45) is -0.455. The van der Waals surface area contributed by atoms with E-state index in [4.69, 9.17) is 4.74 Å². The van der Waals surface area contributed by atoms with Gasteiger partial charge >= 0.3 is 6.09 Å². The second-order valence-electron chi connectivity index (χ2n) is 12.2. The maximum Gasteiger partial charge on any atom is 0.408 e. The van der Waals surface area contributed by atoms with E-state index < -0.39 is 23.8 Å². The predicted molar refractivity (Wildman–Crippen MR) is 168 cm³/mol. The largest absolute Gasteiger partial charge is 0.444 e. The molecule has 0 heterocycles. The van der Waals surface area contributed by atoms with Gasteiger partial charge in [0, 0.05) is 18.2 Å². The summed E-state index contributed by atoms with van der Waals surface area (Å²) in [6.45, 7) is 17.0. The Morgan fingerprint density at radius 1 is 0.810 bits per heavy atom. The van der Waals surface area contributed by atoms with Gasteiger partial charge in [0.25, 0.3) is 5.91 Å². The Hall–Kier alpha value is -4.13. The number of hydrogen-bond donors (Lipinski definition) is 2. The van der Waals surface area contributed by atoms with Gasteiger partial charge in [-0.15, -0.1) is 0 Å². The lowest BCUT2D eigenvalue weighted by Crippen LogP contribution is -2.55. The number of carbonyl (C=O) groups is 3. The van der Waals surface area contributed by atoms with E-state index in [1.54, 1.807) is 25.7 Å². The summed E-state index contributed by atoms with van der Waals surface area (Å²) in [6, 6.07) is 18.9. The molecule has 0 saturated heterocycles. The van der Waals surface area contributed by atoms with Gasteiger partial charge in [-0.25, -0.2) is 4.79 Å². The average molecular weight is 572 g/mol. The van der Waals surface area contributed by atoms with Crippen LogP contribution in [0.25, 0.3) is 0 Å². The highest BCUT2D eigenvalue weighted by atomic mass is 16.6. The highest BCUT2D eigenvalue weighted by Gasteiger charge is 2.38. The molecule has 0 fully saturated rings. The summed E-state index contributed by atoms with van der Waals surface area (Å²) >= 11 is 0. The van der Waals surface area contributed by atoms with Crippen molar-refractivity contribution in [3.05, 3.63) is 100 Å². The molecule has 0 aliphatic rings. The van der Waals surface area contributed by atoms with Gasteiger partial charge in [0.05, 0.1) is 0 Å². The lowest BCUT2D eigenvalue weighted by Gasteiger charge is -2.37. The van der Waals surface area contributed by atoms with Gasteiger partial charge in [-0.3, -0.25) is 9.59 Å². The third-order valence-electron chi connectivity index (χ3n) is 7.19. The molecule has 42 heavy (non-hydrogen) atoms. The molecule has 0 radical (unpaired) electrons. The van der Waals surface area contributed by atoms with Crippen molar-refractivity contribution in [3.8, 4) is 0 Å². The Bertz CT molecular complexity index is 1390. The monoisotopic (exact) mass is 571 g/mol. The summed E-state index contributed by atoms with van der Waals surface area (Å²) in [5.74, 6) is -0.701. The van der Waals surface area contributed by atoms with Crippen LogP contribution in [-0.4, -0.2) is 40.5 Å². The standard InChI is InChI=1S/C35H45N3O4/c1-22(2)38(33(40)29(21-27-16-11-10-12-17-27)36-34(41)42-35(7,8)9)31(28-19-18-23(3)26(6)20-28)32(39)37-30-24(4)14-13-15-25(30)5/h10-20,22,29,31H,21H2,1-9H3,(H,36,41)(H,37,39). The number of anilines is 1. The van der Waals surface area contributed by atoms with Crippen molar-refractivity contribution < 1.29 is 19.1 Å². The predicted octanol–water partition coefficient (Wildman–Crippen LogP) is 6.97. The van der Waals surface area contributed by atoms with Crippen LogP contribution in [0.2, 0.25) is 0 Å². The average Bonchev–Trinajstić information content (AvgIpc) is 2.89. The van der Waals surface area contributed by atoms with E-state index in [2.05, 4.69) is 10.6 Å². The zero-order chi connectivity index (χ0) is 31.2. The van der Waals surface area contributed by atoms with E-state index in [9.17, 15) is 14.4 Å². The lowest BCUT2D eigenvalue weighted by molar-refractivity contribution is -0.142. The number of alkyl carbamates (subject to hydrolysis) is 1. The van der Waals surface area contributed by atoms with Crippen LogP contribution in [0.3, 0.4) is 0 Å².